The van der Waals surface area contributed by atoms with Gasteiger partial charge in [0.1, 0.15) is 0 Å². The average Bonchev–Trinajstić information content (AvgIpc) is 2.62. The van der Waals surface area contributed by atoms with E-state index in [4.69, 9.17) is 6.64 Å². The van der Waals surface area contributed by atoms with Crippen molar-refractivity contribution < 1.29 is 51.4 Å². The van der Waals surface area contributed by atoms with Crippen molar-refractivity contribution in [3.63, 3.8) is 0 Å². The van der Waals surface area contributed by atoms with Gasteiger partial charge in [-0.3, -0.25) is 0 Å². The summed E-state index contributed by atoms with van der Waals surface area (Å²) < 4.78 is 11.9. The Morgan fingerprint density at radius 1 is 0.480 bits per heavy atom. The summed E-state index contributed by atoms with van der Waals surface area (Å²) in [5.41, 5.74) is 0. The number of hydrogen-bond acceptors (Lipinski definition) is 2. The van der Waals surface area contributed by atoms with Gasteiger partial charge in [0.05, 0.1) is 0 Å². The molecule has 4 aromatic rings. The van der Waals surface area contributed by atoms with E-state index in [1.165, 1.54) is 10.8 Å². The normalized spacial score (nSPS) is 9.60. The summed E-state index contributed by atoms with van der Waals surface area (Å²) >= 11 is -1.03. The number of benzene rings is 4. The van der Waals surface area contributed by atoms with Crippen molar-refractivity contribution in [1.82, 2.24) is 0 Å². The molecule has 0 aliphatic carbocycles. The van der Waals surface area contributed by atoms with Gasteiger partial charge in [-0.15, -0.1) is 0 Å². The molecule has 5 heteroatoms. The van der Waals surface area contributed by atoms with Crippen molar-refractivity contribution in [3.8, 4) is 11.5 Å². The molecule has 0 N–H and O–H groups in total. The standard InChI is InChI=1S/2C10H8O.2ClH.Ti/c2*11-10-7-3-5-8-4-1-2-6-9(8)10;;;/h2*1-7,11H;2*1H;/q;;;;+4/p-4. The van der Waals surface area contributed by atoms with E-state index >= 15 is 0 Å². The topological polar surface area (TPSA) is 18.5 Å². The Morgan fingerprint density at radius 2 is 0.880 bits per heavy atom. The SMILES string of the molecule is [Cl-].[Cl-].c1ccc2c([O][Ti+2][O]c3cccc4ccccc34)cccc2c1. The first kappa shape index (κ1) is 19.6. The van der Waals surface area contributed by atoms with Crippen LogP contribution in [0, 0.1) is 0 Å². The fourth-order valence-electron chi connectivity index (χ4n) is 2.68. The predicted molar refractivity (Wildman–Crippen MR) is 89.2 cm³/mol. The van der Waals surface area contributed by atoms with E-state index in [9.17, 15) is 0 Å². The fourth-order valence-corrected chi connectivity index (χ4v) is 3.58. The molecule has 0 fully saturated rings. The van der Waals surface area contributed by atoms with Crippen molar-refractivity contribution in [1.29, 1.82) is 0 Å². The van der Waals surface area contributed by atoms with Gasteiger partial charge >= 0.3 is 145 Å². The molecule has 0 atom stereocenters. The second-order valence-corrected chi connectivity index (χ2v) is 6.14. The summed E-state index contributed by atoms with van der Waals surface area (Å²) in [5, 5.41) is 4.61. The molecule has 4 aromatic carbocycles. The number of hydrogen-bond donors (Lipinski definition) is 0. The van der Waals surface area contributed by atoms with Crippen molar-refractivity contribution in [2.75, 3.05) is 0 Å². The van der Waals surface area contributed by atoms with Crippen LogP contribution in [0.3, 0.4) is 0 Å². The first-order chi connectivity index (χ1) is 11.4. The van der Waals surface area contributed by atoms with E-state index in [0.29, 0.717) is 0 Å². The summed E-state index contributed by atoms with van der Waals surface area (Å²) in [6, 6.07) is 28.7. The van der Waals surface area contributed by atoms with Crippen molar-refractivity contribution >= 4 is 21.5 Å². The third-order valence-electron chi connectivity index (χ3n) is 3.80. The molecule has 124 valence electrons. The molecule has 2 nitrogen and oxygen atoms in total. The van der Waals surface area contributed by atoms with E-state index in [0.717, 1.165) is 22.3 Å². The number of fused-ring (bicyclic) bond motifs is 2. The van der Waals surface area contributed by atoms with Crippen LogP contribution in [0.15, 0.2) is 84.9 Å². The zero-order valence-corrected chi connectivity index (χ0v) is 16.2. The summed E-state index contributed by atoms with van der Waals surface area (Å²) in [4.78, 5) is 0. The zero-order valence-electron chi connectivity index (χ0n) is 13.2. The van der Waals surface area contributed by atoms with Crippen LogP contribution in [0.5, 0.6) is 11.5 Å². The first-order valence-corrected chi connectivity index (χ1v) is 8.73. The van der Waals surface area contributed by atoms with Crippen molar-refractivity contribution in [3.05, 3.63) is 84.9 Å². The molecule has 0 saturated heterocycles. The maximum atomic E-state index is 5.97. The molecule has 4 rings (SSSR count). The van der Waals surface area contributed by atoms with Gasteiger partial charge in [-0.2, -0.15) is 0 Å². The Kier molecular flexibility index (Phi) is 7.16. The van der Waals surface area contributed by atoms with Crippen LogP contribution in [0.1, 0.15) is 0 Å². The van der Waals surface area contributed by atoms with E-state index in [2.05, 4.69) is 36.4 Å². The Bertz CT molecular complexity index is 886. The van der Waals surface area contributed by atoms with Gasteiger partial charge in [0, 0.05) is 0 Å². The summed E-state index contributed by atoms with van der Waals surface area (Å²) in [6.45, 7) is 0. The van der Waals surface area contributed by atoms with Gasteiger partial charge in [-0.25, -0.2) is 0 Å². The molecule has 0 spiro atoms. The van der Waals surface area contributed by atoms with Gasteiger partial charge in [0.25, 0.3) is 0 Å². The predicted octanol–water partition coefficient (Wildman–Crippen LogP) is -0.629. The number of halogens is 2. The van der Waals surface area contributed by atoms with E-state index in [1.54, 1.807) is 0 Å². The number of rotatable bonds is 4. The van der Waals surface area contributed by atoms with Crippen LogP contribution in [0.4, 0.5) is 0 Å². The minimum absolute atomic E-state index is 0. The Labute approximate surface area is 168 Å². The van der Waals surface area contributed by atoms with E-state index < -0.39 is 19.9 Å². The Morgan fingerprint density at radius 3 is 1.36 bits per heavy atom. The van der Waals surface area contributed by atoms with Crippen LogP contribution in [-0.4, -0.2) is 0 Å². The van der Waals surface area contributed by atoms with Crippen LogP contribution >= 0.6 is 0 Å². The molecular formula is C20H14Cl2O2Ti. The second-order valence-electron chi connectivity index (χ2n) is 5.24. The fraction of sp³-hybridized carbons (Fsp3) is 0. The van der Waals surface area contributed by atoms with Gasteiger partial charge in [-0.05, 0) is 0 Å². The van der Waals surface area contributed by atoms with Crippen molar-refractivity contribution in [2.45, 2.75) is 0 Å². The molecule has 0 heterocycles. The van der Waals surface area contributed by atoms with Crippen LogP contribution < -0.4 is 31.5 Å². The zero-order chi connectivity index (χ0) is 15.5. The molecule has 0 unspecified atom stereocenters. The van der Waals surface area contributed by atoms with Gasteiger partial charge in [-0.1, -0.05) is 0 Å². The second kappa shape index (κ2) is 9.12. The van der Waals surface area contributed by atoms with Gasteiger partial charge in [0.2, 0.25) is 0 Å². The van der Waals surface area contributed by atoms with Crippen LogP contribution in [0.2, 0.25) is 0 Å². The molecule has 0 bridgehead atoms. The van der Waals surface area contributed by atoms with Crippen LogP contribution in [0.25, 0.3) is 21.5 Å². The van der Waals surface area contributed by atoms with Gasteiger partial charge in [0.15, 0.2) is 0 Å². The maximum absolute atomic E-state index is 5.97. The van der Waals surface area contributed by atoms with Crippen LogP contribution in [-0.2, 0) is 19.9 Å². The minimum atomic E-state index is -1.03. The Hall–Kier alpha value is -1.71. The summed E-state index contributed by atoms with van der Waals surface area (Å²) in [7, 11) is 0. The third kappa shape index (κ3) is 4.28. The molecule has 0 radical (unpaired) electrons. The molecule has 0 saturated carbocycles. The molecule has 25 heavy (non-hydrogen) atoms. The van der Waals surface area contributed by atoms with Gasteiger partial charge < -0.3 is 24.8 Å². The molecule has 0 aliphatic rings. The molecule has 0 aromatic heterocycles. The van der Waals surface area contributed by atoms with E-state index in [-0.39, 0.29) is 24.8 Å². The summed E-state index contributed by atoms with van der Waals surface area (Å²) in [6.07, 6.45) is 0. The quantitative estimate of drug-likeness (QED) is 0.422. The molecule has 0 amide bonds. The monoisotopic (exact) mass is 404 g/mol. The molecule has 0 aliphatic heterocycles. The van der Waals surface area contributed by atoms with Crippen molar-refractivity contribution in [2.24, 2.45) is 0 Å². The summed E-state index contributed by atoms with van der Waals surface area (Å²) in [5.74, 6) is 1.78. The third-order valence-corrected chi connectivity index (χ3v) is 4.75. The van der Waals surface area contributed by atoms with E-state index in [1.807, 2.05) is 48.5 Å². The first-order valence-electron chi connectivity index (χ1n) is 7.46. The Balaban J connectivity index is 0.00000113. The average molecular weight is 405 g/mol. The molecular weight excluding hydrogens is 391 g/mol.